The minimum absolute atomic E-state index is 0.180. The van der Waals surface area contributed by atoms with Gasteiger partial charge in [0.25, 0.3) is 5.19 Å². The minimum atomic E-state index is -0.355. The van der Waals surface area contributed by atoms with E-state index >= 15 is 0 Å². The largest absolute Gasteiger partial charge is 0.473 e. The van der Waals surface area contributed by atoms with E-state index in [1.54, 1.807) is 12.3 Å². The Labute approximate surface area is 134 Å². The first-order chi connectivity index (χ1) is 10.6. The van der Waals surface area contributed by atoms with Crippen molar-refractivity contribution in [3.63, 3.8) is 0 Å². The number of halogens is 1. The lowest BCUT2D eigenvalue weighted by Crippen LogP contribution is -1.99. The highest BCUT2D eigenvalue weighted by molar-refractivity contribution is 7.99. The lowest BCUT2D eigenvalue weighted by Gasteiger charge is -2.11. The number of hydrogen-bond donors (Lipinski definition) is 1. The first-order valence-corrected chi connectivity index (χ1v) is 8.02. The van der Waals surface area contributed by atoms with E-state index in [1.807, 2.05) is 6.92 Å². The van der Waals surface area contributed by atoms with Gasteiger partial charge in [-0.1, -0.05) is 23.1 Å². The topological polar surface area (TPSA) is 86.8 Å². The van der Waals surface area contributed by atoms with E-state index in [-0.39, 0.29) is 11.1 Å². The highest BCUT2D eigenvalue weighted by Gasteiger charge is 2.17. The van der Waals surface area contributed by atoms with E-state index in [0.29, 0.717) is 32.1 Å². The molecular formula is C13H12FN5OS2. The average molecular weight is 337 g/mol. The highest BCUT2D eigenvalue weighted by atomic mass is 32.2. The Morgan fingerprint density at radius 3 is 2.91 bits per heavy atom. The second kappa shape index (κ2) is 6.01. The zero-order chi connectivity index (χ0) is 15.7. The quantitative estimate of drug-likeness (QED) is 0.578. The van der Waals surface area contributed by atoms with Crippen molar-refractivity contribution in [1.29, 1.82) is 0 Å². The van der Waals surface area contributed by atoms with Gasteiger partial charge in [0.15, 0.2) is 10.8 Å². The summed E-state index contributed by atoms with van der Waals surface area (Å²) in [6.07, 6.45) is 2.75. The van der Waals surface area contributed by atoms with E-state index in [9.17, 15) is 4.39 Å². The molecule has 2 N–H and O–H groups in total. The smallest absolute Gasteiger partial charge is 0.275 e. The molecule has 0 aromatic carbocycles. The molecule has 0 saturated carbocycles. The van der Waals surface area contributed by atoms with Crippen LogP contribution in [0.1, 0.15) is 17.7 Å². The second-order valence-corrected chi connectivity index (χ2v) is 6.65. The summed E-state index contributed by atoms with van der Waals surface area (Å²) in [5.41, 5.74) is 6.96. The number of pyridine rings is 1. The summed E-state index contributed by atoms with van der Waals surface area (Å²) in [6, 6.07) is 1.64. The lowest BCUT2D eigenvalue weighted by atomic mass is 10.2. The van der Waals surface area contributed by atoms with Gasteiger partial charge in [0.1, 0.15) is 16.3 Å². The van der Waals surface area contributed by atoms with Crippen molar-refractivity contribution < 1.29 is 9.13 Å². The van der Waals surface area contributed by atoms with Gasteiger partial charge in [-0.25, -0.2) is 14.4 Å². The summed E-state index contributed by atoms with van der Waals surface area (Å²) in [7, 11) is 1.53. The predicted octanol–water partition coefficient (Wildman–Crippen LogP) is 3.06. The zero-order valence-corrected chi connectivity index (χ0v) is 13.4. The monoisotopic (exact) mass is 337 g/mol. The van der Waals surface area contributed by atoms with Crippen molar-refractivity contribution in [2.45, 2.75) is 17.3 Å². The summed E-state index contributed by atoms with van der Waals surface area (Å²) in [5.74, 6) is -0.0115. The molecule has 0 aliphatic heterocycles. The van der Waals surface area contributed by atoms with Crippen LogP contribution < -0.4 is 10.5 Å². The van der Waals surface area contributed by atoms with E-state index < -0.39 is 0 Å². The molecule has 0 aliphatic rings. The van der Waals surface area contributed by atoms with E-state index in [2.05, 4.69) is 19.9 Å². The Kier molecular flexibility index (Phi) is 4.08. The molecule has 1 unspecified atom stereocenters. The Bertz CT molecular complexity index is 825. The molecule has 0 radical (unpaired) electrons. The van der Waals surface area contributed by atoms with Gasteiger partial charge in [-0.2, -0.15) is 4.98 Å². The molecule has 114 valence electrons. The van der Waals surface area contributed by atoms with Gasteiger partial charge in [0.2, 0.25) is 0 Å². The van der Waals surface area contributed by atoms with Crippen molar-refractivity contribution >= 4 is 39.3 Å². The Morgan fingerprint density at radius 2 is 2.18 bits per heavy atom. The number of anilines is 1. The molecule has 3 rings (SSSR count). The molecule has 0 amide bonds. The standard InChI is InChI=1S/C13H12FN5OS2/c1-6(7-3-4-16-5-8(7)14)21-12-17-10(15)9-11(18-12)19-13(20-2)22-9/h3-6H,1-2H3,(H2,15,17,18). The summed E-state index contributed by atoms with van der Waals surface area (Å²) < 4.78 is 19.5. The molecule has 0 bridgehead atoms. The third-order valence-corrected chi connectivity index (χ3v) is 4.97. The molecule has 9 heteroatoms. The van der Waals surface area contributed by atoms with E-state index in [0.717, 1.165) is 0 Å². The number of nitrogens with two attached hydrogens (primary N) is 1. The molecular weight excluding hydrogens is 325 g/mol. The third-order valence-electron chi connectivity index (χ3n) is 2.94. The van der Waals surface area contributed by atoms with Crippen LogP contribution in [0.25, 0.3) is 10.3 Å². The van der Waals surface area contributed by atoms with Gasteiger partial charge in [-0.15, -0.1) is 0 Å². The molecule has 3 heterocycles. The number of thiazole rings is 1. The summed E-state index contributed by atoms with van der Waals surface area (Å²) >= 11 is 2.60. The number of rotatable bonds is 4. The normalized spacial score (nSPS) is 12.5. The van der Waals surface area contributed by atoms with Gasteiger partial charge in [0.05, 0.1) is 13.3 Å². The van der Waals surface area contributed by atoms with Crippen molar-refractivity contribution in [2.24, 2.45) is 0 Å². The zero-order valence-electron chi connectivity index (χ0n) is 11.8. The highest BCUT2D eigenvalue weighted by Crippen LogP contribution is 2.37. The van der Waals surface area contributed by atoms with Crippen molar-refractivity contribution in [2.75, 3.05) is 12.8 Å². The Balaban J connectivity index is 1.92. The fourth-order valence-corrected chi connectivity index (χ4v) is 3.53. The molecule has 0 spiro atoms. The first-order valence-electron chi connectivity index (χ1n) is 6.32. The fourth-order valence-electron chi connectivity index (χ4n) is 1.88. The van der Waals surface area contributed by atoms with Crippen LogP contribution in [0, 0.1) is 5.82 Å². The predicted molar refractivity (Wildman–Crippen MR) is 84.6 cm³/mol. The first kappa shape index (κ1) is 14.9. The molecule has 0 saturated heterocycles. The number of thioether (sulfide) groups is 1. The number of nitrogen functional groups attached to an aromatic ring is 1. The van der Waals surface area contributed by atoms with Crippen LogP contribution in [-0.2, 0) is 0 Å². The van der Waals surface area contributed by atoms with Gasteiger partial charge < -0.3 is 10.5 Å². The molecule has 6 nitrogen and oxygen atoms in total. The van der Waals surface area contributed by atoms with Gasteiger partial charge >= 0.3 is 0 Å². The molecule has 3 aromatic rings. The summed E-state index contributed by atoms with van der Waals surface area (Å²) in [5, 5.41) is 0.744. The molecule has 22 heavy (non-hydrogen) atoms. The van der Waals surface area contributed by atoms with Crippen molar-refractivity contribution in [3.05, 3.63) is 29.8 Å². The Hall–Kier alpha value is -2.00. The SMILES string of the molecule is COc1nc2nc(SC(C)c3ccncc3F)nc(N)c2s1. The maximum atomic E-state index is 13.8. The minimum Gasteiger partial charge on any atom is -0.473 e. The second-order valence-electron chi connectivity index (χ2n) is 4.39. The third kappa shape index (κ3) is 2.81. The van der Waals surface area contributed by atoms with Crippen LogP contribution >= 0.6 is 23.1 Å². The van der Waals surface area contributed by atoms with Gasteiger partial charge in [0, 0.05) is 17.0 Å². The van der Waals surface area contributed by atoms with Crippen LogP contribution in [0.4, 0.5) is 10.2 Å². The maximum absolute atomic E-state index is 13.8. The van der Waals surface area contributed by atoms with Crippen LogP contribution in [-0.4, -0.2) is 27.0 Å². The van der Waals surface area contributed by atoms with Crippen molar-refractivity contribution in [1.82, 2.24) is 19.9 Å². The van der Waals surface area contributed by atoms with Crippen LogP contribution in [0.2, 0.25) is 0 Å². The summed E-state index contributed by atoms with van der Waals surface area (Å²) in [4.78, 5) is 16.6. The number of hydrogen-bond acceptors (Lipinski definition) is 8. The average Bonchev–Trinajstić information content (AvgIpc) is 2.91. The van der Waals surface area contributed by atoms with Crippen LogP contribution in [0.5, 0.6) is 5.19 Å². The molecule has 1 atom stereocenters. The molecule has 3 aromatic heterocycles. The van der Waals surface area contributed by atoms with Gasteiger partial charge in [-0.05, 0) is 13.0 Å². The number of aromatic nitrogens is 4. The van der Waals surface area contributed by atoms with Crippen LogP contribution in [0.3, 0.4) is 0 Å². The maximum Gasteiger partial charge on any atom is 0.275 e. The number of nitrogens with zero attached hydrogens (tertiary/aromatic N) is 4. The van der Waals surface area contributed by atoms with E-state index in [1.165, 1.54) is 36.4 Å². The fraction of sp³-hybridized carbons (Fsp3) is 0.231. The van der Waals surface area contributed by atoms with Crippen molar-refractivity contribution in [3.8, 4) is 5.19 Å². The van der Waals surface area contributed by atoms with Crippen LogP contribution in [0.15, 0.2) is 23.6 Å². The number of ether oxygens (including phenoxy) is 1. The molecule has 0 fully saturated rings. The summed E-state index contributed by atoms with van der Waals surface area (Å²) in [6.45, 7) is 1.87. The number of methoxy groups -OCH3 is 1. The van der Waals surface area contributed by atoms with E-state index in [4.69, 9.17) is 10.5 Å². The Morgan fingerprint density at radius 1 is 1.36 bits per heavy atom. The molecule has 0 aliphatic carbocycles. The lowest BCUT2D eigenvalue weighted by molar-refractivity contribution is 0.412. The number of fused-ring (bicyclic) bond motifs is 1. The van der Waals surface area contributed by atoms with Gasteiger partial charge in [-0.3, -0.25) is 4.98 Å².